The Kier molecular flexibility index (Phi) is 3.89. The van der Waals surface area contributed by atoms with E-state index in [1.807, 2.05) is 0 Å². The smallest absolute Gasteiger partial charge is 0.299 e. The Morgan fingerprint density at radius 1 is 0.952 bits per heavy atom. The summed E-state index contributed by atoms with van der Waals surface area (Å²) < 4.78 is 0. The maximum Gasteiger partial charge on any atom is 0.299 e. The van der Waals surface area contributed by atoms with Crippen LogP contribution in [0.2, 0.25) is 0 Å². The largest absolute Gasteiger partial charge is 0.350 e. The molecule has 8 nitrogen and oxygen atoms in total. The second-order valence-electron chi connectivity index (χ2n) is 4.08. The molecule has 2 aromatic rings. The van der Waals surface area contributed by atoms with E-state index in [0.29, 0.717) is 17.5 Å². The molecule has 0 aliphatic carbocycles. The maximum atomic E-state index is 11.0. The number of rotatable bonds is 5. The minimum Gasteiger partial charge on any atom is -0.350 e. The molecule has 8 heteroatoms. The lowest BCUT2D eigenvalue weighted by molar-refractivity contribution is -0.393. The number of hydrogen-bond donors (Lipinski definition) is 1. The predicted octanol–water partition coefficient (Wildman–Crippen LogP) is 3.06. The fraction of sp³-hybridized carbons (Fsp3) is 0. The third-order valence-electron chi connectivity index (χ3n) is 2.71. The Hall–Kier alpha value is -3.29. The highest BCUT2D eigenvalue weighted by molar-refractivity contribution is 5.77. The second kappa shape index (κ2) is 5.78. The minimum atomic E-state index is -0.699. The van der Waals surface area contributed by atoms with Gasteiger partial charge in [-0.3, -0.25) is 25.0 Å². The first-order valence-electron chi connectivity index (χ1n) is 5.76. The van der Waals surface area contributed by atoms with Gasteiger partial charge in [0.05, 0.1) is 15.9 Å². The maximum absolute atomic E-state index is 11.0. The highest BCUT2D eigenvalue weighted by Gasteiger charge is 2.19. The number of aldehydes is 1. The van der Waals surface area contributed by atoms with Gasteiger partial charge in [-0.25, -0.2) is 0 Å². The molecule has 0 aliphatic rings. The molecule has 0 heterocycles. The summed E-state index contributed by atoms with van der Waals surface area (Å²) in [7, 11) is 0. The van der Waals surface area contributed by atoms with Gasteiger partial charge in [0.2, 0.25) is 0 Å². The number of nitrogens with zero attached hydrogens (tertiary/aromatic N) is 2. The first-order valence-corrected chi connectivity index (χ1v) is 5.76. The van der Waals surface area contributed by atoms with Crippen molar-refractivity contribution in [1.29, 1.82) is 0 Å². The van der Waals surface area contributed by atoms with Gasteiger partial charge in [-0.2, -0.15) is 0 Å². The summed E-state index contributed by atoms with van der Waals surface area (Å²) in [6.45, 7) is 0. The molecule has 0 aromatic heterocycles. The van der Waals surface area contributed by atoms with E-state index in [9.17, 15) is 25.0 Å². The van der Waals surface area contributed by atoms with Gasteiger partial charge in [-0.05, 0) is 30.3 Å². The van der Waals surface area contributed by atoms with Crippen LogP contribution in [0.15, 0.2) is 42.5 Å². The summed E-state index contributed by atoms with van der Waals surface area (Å²) >= 11 is 0. The fourth-order valence-corrected chi connectivity index (χ4v) is 1.69. The monoisotopic (exact) mass is 287 g/mol. The Labute approximate surface area is 118 Å². The van der Waals surface area contributed by atoms with Gasteiger partial charge < -0.3 is 5.32 Å². The van der Waals surface area contributed by atoms with Crippen LogP contribution >= 0.6 is 0 Å². The number of anilines is 2. The van der Waals surface area contributed by atoms with Gasteiger partial charge in [0.15, 0.2) is 0 Å². The highest BCUT2D eigenvalue weighted by atomic mass is 16.6. The number of nitro benzene ring substituents is 2. The zero-order valence-electron chi connectivity index (χ0n) is 10.6. The number of benzene rings is 2. The van der Waals surface area contributed by atoms with Crippen molar-refractivity contribution in [2.24, 2.45) is 0 Å². The van der Waals surface area contributed by atoms with E-state index in [4.69, 9.17) is 0 Å². The molecule has 0 unspecified atom stereocenters. The number of hydrogen-bond acceptors (Lipinski definition) is 6. The van der Waals surface area contributed by atoms with Gasteiger partial charge >= 0.3 is 0 Å². The standard InChI is InChI=1S/C13H9N3O5/c17-8-9-1-3-10(4-2-9)14-12-6-5-11(15(18)19)7-13(12)16(20)21/h1-8,14H. The van der Waals surface area contributed by atoms with Gasteiger partial charge in [0.1, 0.15) is 12.0 Å². The molecule has 21 heavy (non-hydrogen) atoms. The average Bonchev–Trinajstić information content (AvgIpc) is 2.48. The molecule has 0 amide bonds. The van der Waals surface area contributed by atoms with Crippen LogP contribution in [0.4, 0.5) is 22.7 Å². The Balaban J connectivity index is 2.36. The van der Waals surface area contributed by atoms with Crippen molar-refractivity contribution in [1.82, 2.24) is 0 Å². The summed E-state index contributed by atoms with van der Waals surface area (Å²) in [5, 5.41) is 24.4. The Morgan fingerprint density at radius 2 is 1.62 bits per heavy atom. The lowest BCUT2D eigenvalue weighted by atomic mass is 10.2. The summed E-state index contributed by atoms with van der Waals surface area (Å²) in [5.41, 5.74) is 0.368. The Bertz CT molecular complexity index is 712. The van der Waals surface area contributed by atoms with Crippen LogP contribution in [-0.4, -0.2) is 16.1 Å². The average molecular weight is 287 g/mol. The molecule has 0 radical (unpaired) electrons. The molecule has 0 atom stereocenters. The second-order valence-corrected chi connectivity index (χ2v) is 4.08. The van der Waals surface area contributed by atoms with Gasteiger partial charge in [-0.15, -0.1) is 0 Å². The van der Waals surface area contributed by atoms with Crippen LogP contribution in [0, 0.1) is 20.2 Å². The summed E-state index contributed by atoms with van der Waals surface area (Å²) in [6.07, 6.45) is 0.679. The van der Waals surface area contributed by atoms with E-state index < -0.39 is 15.5 Å². The summed E-state index contributed by atoms with van der Waals surface area (Å²) in [4.78, 5) is 30.8. The van der Waals surface area contributed by atoms with E-state index in [1.54, 1.807) is 24.3 Å². The predicted molar refractivity (Wildman–Crippen MR) is 74.9 cm³/mol. The molecule has 2 rings (SSSR count). The lowest BCUT2D eigenvalue weighted by Gasteiger charge is -2.07. The van der Waals surface area contributed by atoms with E-state index >= 15 is 0 Å². The van der Waals surface area contributed by atoms with Crippen LogP contribution in [-0.2, 0) is 0 Å². The first kappa shape index (κ1) is 14.1. The fourth-order valence-electron chi connectivity index (χ4n) is 1.69. The summed E-state index contributed by atoms with van der Waals surface area (Å²) in [5.74, 6) is 0. The molecule has 0 saturated carbocycles. The number of carbonyl (C=O) groups excluding carboxylic acids is 1. The number of nitro groups is 2. The van der Waals surface area contributed by atoms with Crippen molar-refractivity contribution >= 4 is 29.0 Å². The van der Waals surface area contributed by atoms with Gasteiger partial charge in [0.25, 0.3) is 11.4 Å². The van der Waals surface area contributed by atoms with Crippen LogP contribution in [0.25, 0.3) is 0 Å². The topological polar surface area (TPSA) is 115 Å². The van der Waals surface area contributed by atoms with E-state index in [2.05, 4.69) is 5.32 Å². The quantitative estimate of drug-likeness (QED) is 0.513. The molecular formula is C13H9N3O5. The summed E-state index contributed by atoms with van der Waals surface area (Å²) in [6, 6.07) is 9.59. The number of carbonyl (C=O) groups is 1. The van der Waals surface area contributed by atoms with Crippen LogP contribution in [0.5, 0.6) is 0 Å². The van der Waals surface area contributed by atoms with Crippen molar-refractivity contribution in [2.75, 3.05) is 5.32 Å². The molecular weight excluding hydrogens is 278 g/mol. The highest BCUT2D eigenvalue weighted by Crippen LogP contribution is 2.31. The molecule has 1 N–H and O–H groups in total. The molecule has 0 aliphatic heterocycles. The normalized spacial score (nSPS) is 9.90. The third-order valence-corrected chi connectivity index (χ3v) is 2.71. The number of non-ortho nitro benzene ring substituents is 1. The van der Waals surface area contributed by atoms with E-state index in [0.717, 1.165) is 6.07 Å². The zero-order chi connectivity index (χ0) is 15.4. The van der Waals surface area contributed by atoms with E-state index in [1.165, 1.54) is 12.1 Å². The SMILES string of the molecule is O=Cc1ccc(Nc2ccc([N+](=O)[O-])cc2[N+](=O)[O-])cc1. The van der Waals surface area contributed by atoms with Crippen LogP contribution < -0.4 is 5.32 Å². The Morgan fingerprint density at radius 3 is 2.14 bits per heavy atom. The molecule has 0 bridgehead atoms. The van der Waals surface area contributed by atoms with Crippen molar-refractivity contribution in [3.8, 4) is 0 Å². The van der Waals surface area contributed by atoms with Crippen molar-refractivity contribution in [2.45, 2.75) is 0 Å². The van der Waals surface area contributed by atoms with Crippen LogP contribution in [0.1, 0.15) is 10.4 Å². The molecule has 106 valence electrons. The number of nitrogens with one attached hydrogen (secondary N) is 1. The molecule has 0 fully saturated rings. The van der Waals surface area contributed by atoms with Gasteiger partial charge in [-0.1, -0.05) is 0 Å². The molecule has 0 spiro atoms. The van der Waals surface area contributed by atoms with Crippen LogP contribution in [0.3, 0.4) is 0 Å². The first-order chi connectivity index (χ1) is 10.0. The van der Waals surface area contributed by atoms with Gasteiger partial charge in [0, 0.05) is 17.3 Å². The van der Waals surface area contributed by atoms with E-state index in [-0.39, 0.29) is 11.4 Å². The van der Waals surface area contributed by atoms with Crippen molar-refractivity contribution < 1.29 is 14.6 Å². The molecule has 0 saturated heterocycles. The zero-order valence-corrected chi connectivity index (χ0v) is 10.6. The third kappa shape index (κ3) is 3.18. The van der Waals surface area contributed by atoms with Crippen molar-refractivity contribution in [3.05, 3.63) is 68.3 Å². The van der Waals surface area contributed by atoms with Crippen molar-refractivity contribution in [3.63, 3.8) is 0 Å². The minimum absolute atomic E-state index is 0.129. The molecule has 2 aromatic carbocycles. The lowest BCUT2D eigenvalue weighted by Crippen LogP contribution is -1.98.